The number of fused-ring (bicyclic) bond motifs is 1. The van der Waals surface area contributed by atoms with E-state index in [-0.39, 0.29) is 24.3 Å². The summed E-state index contributed by atoms with van der Waals surface area (Å²) in [5, 5.41) is 1.56. The van der Waals surface area contributed by atoms with Crippen molar-refractivity contribution in [3.8, 4) is 0 Å². The van der Waals surface area contributed by atoms with Crippen LogP contribution in [0.25, 0.3) is 11.0 Å². The number of amides is 2. The number of nitrogens with two attached hydrogens (primary N) is 1. The zero-order valence-corrected chi connectivity index (χ0v) is 17.2. The van der Waals surface area contributed by atoms with Crippen molar-refractivity contribution in [3.05, 3.63) is 64.9 Å². The van der Waals surface area contributed by atoms with Crippen LogP contribution in [0.5, 0.6) is 0 Å². The van der Waals surface area contributed by atoms with E-state index in [1.807, 2.05) is 62.4 Å². The Morgan fingerprint density at radius 2 is 1.82 bits per heavy atom. The highest BCUT2D eigenvalue weighted by Crippen LogP contribution is 2.33. The molecule has 7 heteroatoms. The van der Waals surface area contributed by atoms with Crippen molar-refractivity contribution in [1.82, 2.24) is 4.90 Å². The third-order valence-electron chi connectivity index (χ3n) is 4.30. The van der Waals surface area contributed by atoms with Gasteiger partial charge in [0.2, 0.25) is 5.91 Å². The lowest BCUT2D eigenvalue weighted by Gasteiger charge is -2.24. The molecule has 146 valence electrons. The van der Waals surface area contributed by atoms with Crippen molar-refractivity contribution >= 4 is 46.1 Å². The number of hydrogen-bond acceptors (Lipinski definition) is 4. The standard InChI is InChI=1S/C21H21ClN2O3S/c1-13(2)24(11-19(23)25)21(26)20-17(16-5-3-4-6-18(16)27-20)12-28-15-9-7-14(22)8-10-15/h3-10,13H,11-12H2,1-2H3,(H2,23,25). The van der Waals surface area contributed by atoms with Crippen molar-refractivity contribution in [1.29, 1.82) is 0 Å². The Balaban J connectivity index is 1.97. The number of primary amides is 1. The Hall–Kier alpha value is -2.44. The minimum absolute atomic E-state index is 0.155. The van der Waals surface area contributed by atoms with Crippen LogP contribution in [-0.2, 0) is 10.5 Å². The van der Waals surface area contributed by atoms with Crippen molar-refractivity contribution in [2.45, 2.75) is 30.5 Å². The molecule has 1 heterocycles. The van der Waals surface area contributed by atoms with E-state index in [0.717, 1.165) is 15.8 Å². The maximum absolute atomic E-state index is 13.2. The molecule has 2 amide bonds. The van der Waals surface area contributed by atoms with Crippen LogP contribution in [0.2, 0.25) is 5.02 Å². The smallest absolute Gasteiger partial charge is 0.290 e. The summed E-state index contributed by atoms with van der Waals surface area (Å²) in [6.45, 7) is 3.52. The van der Waals surface area contributed by atoms with Gasteiger partial charge in [0.1, 0.15) is 5.58 Å². The predicted octanol–water partition coefficient (Wildman–Crippen LogP) is 4.71. The fourth-order valence-electron chi connectivity index (χ4n) is 2.89. The molecule has 2 N–H and O–H groups in total. The first-order chi connectivity index (χ1) is 13.4. The number of furan rings is 1. The molecule has 0 spiro atoms. The average molecular weight is 417 g/mol. The fourth-order valence-corrected chi connectivity index (χ4v) is 3.94. The minimum atomic E-state index is -0.560. The number of carbonyl (C=O) groups excluding carboxylic acids is 2. The summed E-state index contributed by atoms with van der Waals surface area (Å²) in [4.78, 5) is 27.1. The van der Waals surface area contributed by atoms with E-state index in [1.54, 1.807) is 11.8 Å². The summed E-state index contributed by atoms with van der Waals surface area (Å²) in [5.74, 6) is -0.105. The number of thioether (sulfide) groups is 1. The molecule has 0 saturated heterocycles. The molecule has 0 bridgehead atoms. The molecule has 0 atom stereocenters. The Morgan fingerprint density at radius 3 is 2.46 bits per heavy atom. The molecule has 0 unspecified atom stereocenters. The number of halogens is 1. The molecule has 5 nitrogen and oxygen atoms in total. The summed E-state index contributed by atoms with van der Waals surface area (Å²) in [5.41, 5.74) is 6.77. The number of rotatable bonds is 7. The van der Waals surface area contributed by atoms with Crippen molar-refractivity contribution in [2.75, 3.05) is 6.54 Å². The number of para-hydroxylation sites is 1. The van der Waals surface area contributed by atoms with Gasteiger partial charge in [-0.25, -0.2) is 0 Å². The lowest BCUT2D eigenvalue weighted by Crippen LogP contribution is -2.42. The zero-order valence-electron chi connectivity index (χ0n) is 15.6. The van der Waals surface area contributed by atoms with Crippen LogP contribution in [0.4, 0.5) is 0 Å². The first kappa shape index (κ1) is 20.3. The topological polar surface area (TPSA) is 76.5 Å². The fraction of sp³-hybridized carbons (Fsp3) is 0.238. The Kier molecular flexibility index (Phi) is 6.31. The van der Waals surface area contributed by atoms with Gasteiger partial charge in [0, 0.05) is 32.7 Å². The van der Waals surface area contributed by atoms with E-state index < -0.39 is 5.91 Å². The van der Waals surface area contributed by atoms with Crippen LogP contribution in [0.15, 0.2) is 57.8 Å². The van der Waals surface area contributed by atoms with Crippen molar-refractivity contribution in [2.24, 2.45) is 5.73 Å². The Morgan fingerprint density at radius 1 is 1.14 bits per heavy atom. The van der Waals surface area contributed by atoms with Crippen molar-refractivity contribution in [3.63, 3.8) is 0 Å². The predicted molar refractivity (Wildman–Crippen MR) is 113 cm³/mol. The monoisotopic (exact) mass is 416 g/mol. The summed E-state index contributed by atoms with van der Waals surface area (Å²) in [6, 6.07) is 14.9. The molecule has 2 aromatic carbocycles. The maximum Gasteiger partial charge on any atom is 0.290 e. The largest absolute Gasteiger partial charge is 0.451 e. The second-order valence-corrected chi connectivity index (χ2v) is 8.13. The summed E-state index contributed by atoms with van der Waals surface area (Å²) >= 11 is 7.54. The van der Waals surface area contributed by atoms with Gasteiger partial charge in [-0.2, -0.15) is 0 Å². The minimum Gasteiger partial charge on any atom is -0.451 e. The molecule has 3 aromatic rings. The number of hydrogen-bond donors (Lipinski definition) is 1. The molecule has 0 aliphatic rings. The first-order valence-corrected chi connectivity index (χ1v) is 10.2. The first-order valence-electron chi connectivity index (χ1n) is 8.85. The third-order valence-corrected chi connectivity index (χ3v) is 5.59. The highest BCUT2D eigenvalue weighted by molar-refractivity contribution is 7.98. The second-order valence-electron chi connectivity index (χ2n) is 6.64. The highest BCUT2D eigenvalue weighted by Gasteiger charge is 2.27. The van der Waals surface area contributed by atoms with Crippen LogP contribution < -0.4 is 5.73 Å². The third kappa shape index (κ3) is 4.51. The van der Waals surface area contributed by atoms with Gasteiger partial charge in [-0.3, -0.25) is 9.59 Å². The lowest BCUT2D eigenvalue weighted by atomic mass is 10.1. The quantitative estimate of drug-likeness (QED) is 0.565. The Bertz CT molecular complexity index is 999. The molecule has 3 rings (SSSR count). The molecule has 0 fully saturated rings. The molecule has 0 aliphatic carbocycles. The highest BCUT2D eigenvalue weighted by atomic mass is 35.5. The van der Waals surface area contributed by atoms with Gasteiger partial charge in [0.15, 0.2) is 5.76 Å². The number of benzene rings is 2. The van der Waals surface area contributed by atoms with Gasteiger partial charge >= 0.3 is 0 Å². The molecular weight excluding hydrogens is 396 g/mol. The number of carbonyl (C=O) groups is 2. The van der Waals surface area contributed by atoms with Crippen LogP contribution in [0, 0.1) is 0 Å². The van der Waals surface area contributed by atoms with E-state index in [9.17, 15) is 9.59 Å². The summed E-state index contributed by atoms with van der Waals surface area (Å²) in [7, 11) is 0. The van der Waals surface area contributed by atoms with Gasteiger partial charge < -0.3 is 15.1 Å². The van der Waals surface area contributed by atoms with Crippen LogP contribution in [-0.4, -0.2) is 29.3 Å². The summed E-state index contributed by atoms with van der Waals surface area (Å²) < 4.78 is 5.90. The van der Waals surface area contributed by atoms with E-state index >= 15 is 0 Å². The van der Waals surface area contributed by atoms with Crippen LogP contribution in [0.1, 0.15) is 30.0 Å². The van der Waals surface area contributed by atoms with Crippen molar-refractivity contribution < 1.29 is 14.0 Å². The van der Waals surface area contributed by atoms with Gasteiger partial charge in [-0.15, -0.1) is 11.8 Å². The van der Waals surface area contributed by atoms with Crippen LogP contribution in [0.3, 0.4) is 0 Å². The average Bonchev–Trinajstić information content (AvgIpc) is 3.03. The molecule has 28 heavy (non-hydrogen) atoms. The SMILES string of the molecule is CC(C)N(CC(N)=O)C(=O)c1oc2ccccc2c1CSc1ccc(Cl)cc1. The van der Waals surface area contributed by atoms with Gasteiger partial charge in [0.25, 0.3) is 5.91 Å². The molecule has 0 aliphatic heterocycles. The van der Waals surface area contributed by atoms with Gasteiger partial charge in [0.05, 0.1) is 6.54 Å². The van der Waals surface area contributed by atoms with Crippen LogP contribution >= 0.6 is 23.4 Å². The van der Waals surface area contributed by atoms with Gasteiger partial charge in [-0.05, 0) is 44.2 Å². The number of nitrogens with zero attached hydrogens (tertiary/aromatic N) is 1. The molecular formula is C21H21ClN2O3S. The second kappa shape index (κ2) is 8.71. The van der Waals surface area contributed by atoms with E-state index in [0.29, 0.717) is 16.4 Å². The lowest BCUT2D eigenvalue weighted by molar-refractivity contribution is -0.119. The zero-order chi connectivity index (χ0) is 20.3. The van der Waals surface area contributed by atoms with E-state index in [1.165, 1.54) is 4.90 Å². The van der Waals surface area contributed by atoms with E-state index in [4.69, 9.17) is 21.8 Å². The molecule has 0 saturated carbocycles. The van der Waals surface area contributed by atoms with E-state index in [2.05, 4.69) is 0 Å². The molecule has 0 radical (unpaired) electrons. The molecule has 1 aromatic heterocycles. The summed E-state index contributed by atoms with van der Waals surface area (Å²) in [6.07, 6.45) is 0. The Labute approximate surface area is 172 Å². The maximum atomic E-state index is 13.2. The van der Waals surface area contributed by atoms with Gasteiger partial charge in [-0.1, -0.05) is 29.8 Å². The normalized spacial score (nSPS) is 11.1.